The molecule has 0 aromatic carbocycles. The minimum absolute atomic E-state index is 0.00750. The number of pyridine rings is 1. The Morgan fingerprint density at radius 1 is 1.47 bits per heavy atom. The first-order valence-corrected chi connectivity index (χ1v) is 6.16. The summed E-state index contributed by atoms with van der Waals surface area (Å²) in [4.78, 5) is 13.7. The van der Waals surface area contributed by atoms with Crippen molar-refractivity contribution in [3.8, 4) is 0 Å². The summed E-state index contributed by atoms with van der Waals surface area (Å²) in [5.41, 5.74) is 5.13. The Morgan fingerprint density at radius 3 is 2.65 bits per heavy atom. The zero-order valence-electron chi connectivity index (χ0n) is 8.66. The number of primary sulfonamides is 1. The van der Waals surface area contributed by atoms with E-state index in [0.29, 0.717) is 0 Å². The van der Waals surface area contributed by atoms with Crippen LogP contribution in [0.1, 0.15) is 0 Å². The summed E-state index contributed by atoms with van der Waals surface area (Å²) < 4.78 is 21.3. The number of hydrogen-bond donors (Lipinski definition) is 3. The number of nitro groups is 1. The van der Waals surface area contributed by atoms with Gasteiger partial charge in [0.15, 0.2) is 0 Å². The molecular formula is C7H11N5O4S. The number of nitrogens with zero attached hydrogens (tertiary/aromatic N) is 2. The van der Waals surface area contributed by atoms with Crippen molar-refractivity contribution in [3.63, 3.8) is 0 Å². The molecule has 0 saturated heterocycles. The first-order valence-electron chi connectivity index (χ1n) is 4.44. The minimum Gasteiger partial charge on any atom is -0.383 e. The highest BCUT2D eigenvalue weighted by Gasteiger charge is 2.10. The van der Waals surface area contributed by atoms with Crippen molar-refractivity contribution < 1.29 is 13.3 Å². The average molecular weight is 261 g/mol. The molecule has 0 atom stereocenters. The molecule has 0 unspecified atom stereocenters. The van der Waals surface area contributed by atoms with Gasteiger partial charge in [0.1, 0.15) is 11.6 Å². The summed E-state index contributed by atoms with van der Waals surface area (Å²) in [6.45, 7) is -0.00750. The predicted octanol–water partition coefficient (Wildman–Crippen LogP) is -0.728. The number of nitrogens with two attached hydrogens (primary N) is 2. The molecule has 10 heteroatoms. The van der Waals surface area contributed by atoms with Crippen LogP contribution in [0.15, 0.2) is 12.1 Å². The predicted molar refractivity (Wildman–Crippen MR) is 61.8 cm³/mol. The lowest BCUT2D eigenvalue weighted by Crippen LogP contribution is -2.22. The maximum absolute atomic E-state index is 10.6. The van der Waals surface area contributed by atoms with Gasteiger partial charge in [-0.2, -0.15) is 0 Å². The van der Waals surface area contributed by atoms with Crippen molar-refractivity contribution in [3.05, 3.63) is 22.2 Å². The van der Waals surface area contributed by atoms with E-state index in [0.717, 1.165) is 12.1 Å². The molecule has 0 aliphatic carbocycles. The number of rotatable bonds is 5. The minimum atomic E-state index is -3.59. The average Bonchev–Trinajstić information content (AvgIpc) is 2.14. The molecule has 0 amide bonds. The van der Waals surface area contributed by atoms with Crippen LogP contribution in [0.4, 0.5) is 17.3 Å². The quantitative estimate of drug-likeness (QED) is 0.466. The van der Waals surface area contributed by atoms with Gasteiger partial charge in [0.25, 0.3) is 5.69 Å². The molecule has 0 radical (unpaired) electrons. The van der Waals surface area contributed by atoms with Crippen LogP contribution in [0, 0.1) is 10.1 Å². The van der Waals surface area contributed by atoms with Gasteiger partial charge in [-0.25, -0.2) is 18.5 Å². The number of anilines is 2. The molecule has 9 nitrogen and oxygen atoms in total. The smallest absolute Gasteiger partial charge is 0.276 e. The first kappa shape index (κ1) is 13.1. The van der Waals surface area contributed by atoms with E-state index in [9.17, 15) is 18.5 Å². The van der Waals surface area contributed by atoms with Crippen molar-refractivity contribution in [2.75, 3.05) is 23.3 Å². The highest BCUT2D eigenvalue weighted by Crippen LogP contribution is 2.18. The van der Waals surface area contributed by atoms with Crippen molar-refractivity contribution in [2.24, 2.45) is 5.14 Å². The van der Waals surface area contributed by atoms with Gasteiger partial charge in [-0.3, -0.25) is 10.1 Å². The fraction of sp³-hybridized carbons (Fsp3) is 0.286. The molecule has 0 fully saturated rings. The molecule has 17 heavy (non-hydrogen) atoms. The van der Waals surface area contributed by atoms with Crippen LogP contribution < -0.4 is 16.2 Å². The number of nitrogens with one attached hydrogen (secondary N) is 1. The molecule has 0 aliphatic heterocycles. The highest BCUT2D eigenvalue weighted by molar-refractivity contribution is 7.89. The van der Waals surface area contributed by atoms with Crippen molar-refractivity contribution in [1.82, 2.24) is 4.98 Å². The van der Waals surface area contributed by atoms with Crippen LogP contribution in [0.25, 0.3) is 0 Å². The monoisotopic (exact) mass is 261 g/mol. The molecule has 1 aromatic rings. The standard InChI is InChI=1S/C7H11N5O4S/c8-6-3-5(12(13)14)4-7(11-6)10-1-2-17(9,15)16/h3-4H,1-2H2,(H3,8,10,11)(H2,9,15,16). The second kappa shape index (κ2) is 4.93. The SMILES string of the molecule is Nc1cc([N+](=O)[O-])cc(NCCS(N)(=O)=O)n1. The van der Waals surface area contributed by atoms with Crippen molar-refractivity contribution in [1.29, 1.82) is 0 Å². The van der Waals surface area contributed by atoms with E-state index in [4.69, 9.17) is 10.9 Å². The Hall–Kier alpha value is -1.94. The van der Waals surface area contributed by atoms with Crippen LogP contribution in [-0.4, -0.2) is 30.6 Å². The van der Waals surface area contributed by atoms with Crippen LogP contribution in [-0.2, 0) is 10.0 Å². The third-order valence-corrected chi connectivity index (χ3v) is 2.51. The fourth-order valence-electron chi connectivity index (χ4n) is 1.05. The lowest BCUT2D eigenvalue weighted by molar-refractivity contribution is -0.384. The van der Waals surface area contributed by atoms with Gasteiger partial charge < -0.3 is 11.1 Å². The third kappa shape index (κ3) is 4.61. The van der Waals surface area contributed by atoms with Crippen LogP contribution >= 0.6 is 0 Å². The first-order chi connectivity index (χ1) is 7.78. The summed E-state index contributed by atoms with van der Waals surface area (Å²) >= 11 is 0. The molecule has 5 N–H and O–H groups in total. The maximum atomic E-state index is 10.6. The molecule has 1 heterocycles. The summed E-state index contributed by atoms with van der Waals surface area (Å²) in [6, 6.07) is 2.25. The summed E-state index contributed by atoms with van der Waals surface area (Å²) in [6.07, 6.45) is 0. The summed E-state index contributed by atoms with van der Waals surface area (Å²) in [5.74, 6) is -0.213. The van der Waals surface area contributed by atoms with E-state index < -0.39 is 14.9 Å². The Bertz CT molecular complexity index is 529. The van der Waals surface area contributed by atoms with Crippen molar-refractivity contribution >= 4 is 27.3 Å². The number of hydrogen-bond acceptors (Lipinski definition) is 7. The number of aromatic nitrogens is 1. The van der Waals surface area contributed by atoms with E-state index in [2.05, 4.69) is 10.3 Å². The zero-order chi connectivity index (χ0) is 13.1. The lowest BCUT2D eigenvalue weighted by Gasteiger charge is -2.05. The Morgan fingerprint density at radius 2 is 2.12 bits per heavy atom. The van der Waals surface area contributed by atoms with Gasteiger partial charge in [-0.15, -0.1) is 0 Å². The van der Waals surface area contributed by atoms with Crippen LogP contribution in [0.2, 0.25) is 0 Å². The summed E-state index contributed by atoms with van der Waals surface area (Å²) in [7, 11) is -3.59. The molecule has 1 aromatic heterocycles. The van der Waals surface area contributed by atoms with Gasteiger partial charge >= 0.3 is 0 Å². The van der Waals surface area contributed by atoms with E-state index in [1.54, 1.807) is 0 Å². The highest BCUT2D eigenvalue weighted by atomic mass is 32.2. The van der Waals surface area contributed by atoms with E-state index in [-0.39, 0.29) is 29.6 Å². The van der Waals surface area contributed by atoms with Gasteiger partial charge in [-0.1, -0.05) is 0 Å². The zero-order valence-corrected chi connectivity index (χ0v) is 9.48. The van der Waals surface area contributed by atoms with Gasteiger partial charge in [-0.05, 0) is 0 Å². The van der Waals surface area contributed by atoms with E-state index >= 15 is 0 Å². The van der Waals surface area contributed by atoms with E-state index in [1.165, 1.54) is 0 Å². The molecule has 0 saturated carbocycles. The Balaban J connectivity index is 2.75. The number of sulfonamides is 1. The van der Waals surface area contributed by atoms with Crippen LogP contribution in [0.3, 0.4) is 0 Å². The Labute approximate surface area is 97.0 Å². The third-order valence-electron chi connectivity index (χ3n) is 1.73. The largest absolute Gasteiger partial charge is 0.383 e. The summed E-state index contributed by atoms with van der Waals surface area (Å²) in [5, 5.41) is 17.9. The molecule has 0 spiro atoms. The molecule has 0 aliphatic rings. The maximum Gasteiger partial charge on any atom is 0.276 e. The van der Waals surface area contributed by atoms with Crippen molar-refractivity contribution in [2.45, 2.75) is 0 Å². The second-order valence-corrected chi connectivity index (χ2v) is 4.92. The molecule has 0 bridgehead atoms. The molecule has 94 valence electrons. The second-order valence-electron chi connectivity index (χ2n) is 3.19. The molecule has 1 rings (SSSR count). The van der Waals surface area contributed by atoms with E-state index in [1.807, 2.05) is 0 Å². The number of nitrogen functional groups attached to an aromatic ring is 1. The molecular weight excluding hydrogens is 250 g/mol. The van der Waals surface area contributed by atoms with Gasteiger partial charge in [0.05, 0.1) is 22.8 Å². The van der Waals surface area contributed by atoms with Gasteiger partial charge in [0.2, 0.25) is 10.0 Å². The van der Waals surface area contributed by atoms with Crippen LogP contribution in [0.5, 0.6) is 0 Å². The Kier molecular flexibility index (Phi) is 3.81. The van der Waals surface area contributed by atoms with Gasteiger partial charge in [0, 0.05) is 6.54 Å². The normalized spacial score (nSPS) is 11.1. The topological polar surface area (TPSA) is 154 Å². The fourth-order valence-corrected chi connectivity index (χ4v) is 1.44. The lowest BCUT2D eigenvalue weighted by atomic mass is 10.4.